The van der Waals surface area contributed by atoms with Crippen molar-refractivity contribution in [3.63, 3.8) is 0 Å². The van der Waals surface area contributed by atoms with Crippen LogP contribution in [-0.4, -0.2) is 163 Å². The van der Waals surface area contributed by atoms with Crippen molar-refractivity contribution in [3.05, 3.63) is 131 Å². The van der Waals surface area contributed by atoms with E-state index in [4.69, 9.17) is 59.5 Å². The zero-order valence-corrected chi connectivity index (χ0v) is 51.9. The van der Waals surface area contributed by atoms with Gasteiger partial charge in [0.15, 0.2) is 10.3 Å². The molecule has 0 amide bonds. The molecule has 2 unspecified atom stereocenters. The van der Waals surface area contributed by atoms with Gasteiger partial charge < -0.3 is 57.5 Å². The fraction of sp³-hybridized carbons (Fsp3) is 0.516. The predicted octanol–water partition coefficient (Wildman–Crippen LogP) is 9.15. The summed E-state index contributed by atoms with van der Waals surface area (Å²) in [6.07, 6.45) is 0.922. The van der Waals surface area contributed by atoms with Crippen molar-refractivity contribution < 1.29 is 66.9 Å². The standard InChI is InChI=1S/C31H40N2O7S.C27H36N2O4S.C4H5ClO3/c1-7-37-27(34)28(35)40-31(3,18-17-21-13-15-23(36-6)16-14-21)26-20(2)25(38-19-22-11-9-8-10-12-22)24-29(39-26)41-30(32-24)33(4)5;1-18-23(32-17-20-9-7-6-8-10-20)22-25(34-26(28-22)29(3)4)33-24(18)27(2,30)16-15-19-11-13-21(31-5)14-12-19;1-2-8-4(7)3(5)6/h8-16,20,24-26,29H,7,17-19H2,1-6H3;6-14,18,22-25,30H,15-17H2,1-5H3;2H2,1H3/t20-,24+,25-,26-,29+,31?;18-,22+,23-,24-,25+,27?;/m00./s1. The molecule has 4 aliphatic heterocycles. The highest BCUT2D eigenvalue weighted by atomic mass is 35.5. The molecule has 2 saturated heterocycles. The van der Waals surface area contributed by atoms with Crippen molar-refractivity contribution in [2.75, 3.05) is 55.6 Å². The number of carbonyl (C=O) groups excluding carboxylic acids is 4. The summed E-state index contributed by atoms with van der Waals surface area (Å²) >= 11 is 7.84. The number of methoxy groups -OCH3 is 2. The summed E-state index contributed by atoms with van der Waals surface area (Å²) in [6, 6.07) is 35.6. The van der Waals surface area contributed by atoms with Gasteiger partial charge in [-0.1, -0.05) is 122 Å². The van der Waals surface area contributed by atoms with Crippen molar-refractivity contribution in [3.8, 4) is 11.5 Å². The van der Waals surface area contributed by atoms with E-state index in [0.29, 0.717) is 32.5 Å². The van der Waals surface area contributed by atoms with Gasteiger partial charge in [0.2, 0.25) is 0 Å². The normalized spacial score (nSPS) is 24.6. The quantitative estimate of drug-likeness (QED) is 0.0379. The summed E-state index contributed by atoms with van der Waals surface area (Å²) in [5, 5.41) is 12.3. The molecule has 0 saturated carbocycles. The highest BCUT2D eigenvalue weighted by Crippen LogP contribution is 2.47. The Morgan fingerprint density at radius 3 is 1.40 bits per heavy atom. The van der Waals surface area contributed by atoms with Crippen molar-refractivity contribution >= 4 is 68.6 Å². The van der Waals surface area contributed by atoms with Gasteiger partial charge in [-0.2, -0.15) is 0 Å². The van der Waals surface area contributed by atoms with Gasteiger partial charge in [0.05, 0.1) is 64.6 Å². The molecule has 0 radical (unpaired) electrons. The van der Waals surface area contributed by atoms with Gasteiger partial charge in [0.1, 0.15) is 46.2 Å². The number of hydrogen-bond acceptors (Lipinski definition) is 20. The zero-order chi connectivity index (χ0) is 60.4. The molecule has 83 heavy (non-hydrogen) atoms. The first-order chi connectivity index (χ1) is 39.6. The molecule has 18 nitrogen and oxygen atoms in total. The van der Waals surface area contributed by atoms with Crippen molar-refractivity contribution in [2.24, 2.45) is 21.8 Å². The number of ether oxygens (including phenoxy) is 9. The molecular weight excluding hydrogens is 1120 g/mol. The molecule has 8 rings (SSSR count). The van der Waals surface area contributed by atoms with Crippen LogP contribution in [0.1, 0.15) is 76.6 Å². The third kappa shape index (κ3) is 18.4. The van der Waals surface area contributed by atoms with E-state index in [1.807, 2.05) is 156 Å². The van der Waals surface area contributed by atoms with Crippen molar-refractivity contribution in [2.45, 2.75) is 139 Å². The second-order valence-electron chi connectivity index (χ2n) is 21.4. The van der Waals surface area contributed by atoms with E-state index in [1.54, 1.807) is 39.8 Å². The number of aryl methyl sites for hydroxylation is 2. The number of fused-ring (bicyclic) bond motifs is 2. The fourth-order valence-electron chi connectivity index (χ4n) is 10.2. The van der Waals surface area contributed by atoms with Gasteiger partial charge in [-0.25, -0.2) is 14.4 Å². The van der Waals surface area contributed by atoms with E-state index in [-0.39, 0.29) is 66.3 Å². The first kappa shape index (κ1) is 66.4. The van der Waals surface area contributed by atoms with E-state index < -0.39 is 40.5 Å². The summed E-state index contributed by atoms with van der Waals surface area (Å²) in [5.41, 5.74) is 1.69. The van der Waals surface area contributed by atoms with Crippen LogP contribution in [0, 0.1) is 11.8 Å². The molecule has 1 N–H and O–H groups in total. The minimum absolute atomic E-state index is 0.0262. The Balaban J connectivity index is 0.000000238. The number of nitrogens with zero attached hydrogens (tertiary/aromatic N) is 4. The van der Waals surface area contributed by atoms with E-state index in [0.717, 1.165) is 50.5 Å². The Morgan fingerprint density at radius 2 is 1.00 bits per heavy atom. The Kier molecular flexibility index (Phi) is 25.2. The molecule has 0 spiro atoms. The molecule has 4 aliphatic rings. The summed E-state index contributed by atoms with van der Waals surface area (Å²) in [7, 11) is 11.2. The molecule has 0 aromatic heterocycles. The lowest BCUT2D eigenvalue weighted by molar-refractivity contribution is -0.219. The maximum Gasteiger partial charge on any atom is 0.418 e. The van der Waals surface area contributed by atoms with Crippen LogP contribution in [0.3, 0.4) is 0 Å². The van der Waals surface area contributed by atoms with E-state index >= 15 is 0 Å². The molecule has 4 aromatic carbocycles. The number of rotatable bonds is 20. The summed E-state index contributed by atoms with van der Waals surface area (Å²) in [4.78, 5) is 59.0. The first-order valence-corrected chi connectivity index (χ1v) is 30.0. The Hall–Kier alpha value is -5.71. The number of amidine groups is 2. The first-order valence-electron chi connectivity index (χ1n) is 27.8. The van der Waals surface area contributed by atoms with Crippen LogP contribution < -0.4 is 9.47 Å². The van der Waals surface area contributed by atoms with Crippen molar-refractivity contribution in [1.82, 2.24) is 9.80 Å². The topological polar surface area (TPSA) is 203 Å². The second-order valence-corrected chi connectivity index (χ2v) is 23.9. The monoisotopic (exact) mass is 1200 g/mol. The van der Waals surface area contributed by atoms with Gasteiger partial charge in [0, 0.05) is 40.0 Å². The minimum atomic E-state index is -1.16. The van der Waals surface area contributed by atoms with Crippen LogP contribution in [0.2, 0.25) is 0 Å². The molecule has 0 aliphatic carbocycles. The van der Waals surface area contributed by atoms with Gasteiger partial charge in [-0.15, -0.1) is 0 Å². The number of aliphatic hydroxyl groups is 1. The van der Waals surface area contributed by atoms with E-state index in [9.17, 15) is 24.3 Å². The number of esters is 3. The SMILES string of the molecule is CCOC(=O)C(=O)Cl.CCOC(=O)C(=O)OC(C)(CCc1ccc(OC)cc1)[C@H]1O[C@@H]2SC(N(C)C)=N[C@@H]2[C@@H](OCc2ccccc2)[C@@H]1C.COc1ccc(CCC(C)(O)[C@H]2O[C@@H]3SC(N(C)C)=N[C@@H]3[C@@H](OCc3ccccc3)[C@@H]2C)cc1. The maximum atomic E-state index is 12.9. The smallest absolute Gasteiger partial charge is 0.418 e. The lowest BCUT2D eigenvalue weighted by Gasteiger charge is -2.48. The molecular formula is C62H81ClN4O14S2. The molecule has 0 bridgehead atoms. The van der Waals surface area contributed by atoms with Crippen LogP contribution in [-0.2, 0) is 78.4 Å². The molecule has 12 atom stereocenters. The Labute approximate surface area is 502 Å². The number of thioether (sulfide) groups is 2. The van der Waals surface area contributed by atoms with Crippen LogP contribution in [0.5, 0.6) is 11.5 Å². The van der Waals surface area contributed by atoms with Gasteiger partial charge in [0.25, 0.3) is 0 Å². The van der Waals surface area contributed by atoms with Gasteiger partial charge in [-0.3, -0.25) is 14.8 Å². The Morgan fingerprint density at radius 1 is 0.590 bits per heavy atom. The van der Waals surface area contributed by atoms with Gasteiger partial charge >= 0.3 is 23.2 Å². The number of halogens is 1. The molecule has 4 aromatic rings. The number of aliphatic imine (C=N–C) groups is 2. The third-order valence-corrected chi connectivity index (χ3v) is 17.4. The largest absolute Gasteiger partial charge is 0.497 e. The second kappa shape index (κ2) is 31.4. The molecule has 452 valence electrons. The number of benzene rings is 4. The van der Waals surface area contributed by atoms with Crippen LogP contribution in [0.25, 0.3) is 0 Å². The van der Waals surface area contributed by atoms with Crippen LogP contribution in [0.4, 0.5) is 0 Å². The maximum absolute atomic E-state index is 12.9. The van der Waals surface area contributed by atoms with Crippen molar-refractivity contribution in [1.29, 1.82) is 0 Å². The average molecular weight is 1210 g/mol. The van der Waals surface area contributed by atoms with Crippen LogP contribution >= 0.6 is 35.1 Å². The lowest BCUT2D eigenvalue weighted by atomic mass is 9.78. The summed E-state index contributed by atoms with van der Waals surface area (Å²) in [6.45, 7) is 12.3. The minimum Gasteiger partial charge on any atom is -0.497 e. The Bertz CT molecular complexity index is 2780. The lowest BCUT2D eigenvalue weighted by Crippen LogP contribution is -2.60. The molecule has 21 heteroatoms. The highest BCUT2D eigenvalue weighted by Gasteiger charge is 2.56. The summed E-state index contributed by atoms with van der Waals surface area (Å²) < 4.78 is 52.0. The highest BCUT2D eigenvalue weighted by molar-refractivity contribution is 8.14. The predicted molar refractivity (Wildman–Crippen MR) is 323 cm³/mol. The molecule has 4 heterocycles. The van der Waals surface area contributed by atoms with Crippen LogP contribution in [0.15, 0.2) is 119 Å². The van der Waals surface area contributed by atoms with E-state index in [1.165, 1.54) is 11.8 Å². The van der Waals surface area contributed by atoms with Gasteiger partial charge in [-0.05, 0) is 111 Å². The average Bonchev–Trinajstić information content (AvgIpc) is 3.69. The molecule has 2 fully saturated rings. The number of carbonyl (C=O) groups is 4. The summed E-state index contributed by atoms with van der Waals surface area (Å²) in [5.74, 6) is -1.70. The van der Waals surface area contributed by atoms with E-state index in [2.05, 4.69) is 23.8 Å². The third-order valence-electron chi connectivity index (χ3n) is 14.6. The number of hydrogen-bond donors (Lipinski definition) is 1. The zero-order valence-electron chi connectivity index (χ0n) is 49.6. The fourth-order valence-corrected chi connectivity index (χ4v) is 12.6.